The van der Waals surface area contributed by atoms with E-state index in [1.165, 1.54) is 7.11 Å². The number of benzene rings is 2. The van der Waals surface area contributed by atoms with Crippen LogP contribution in [-0.2, 0) is 15.1 Å². The third-order valence-electron chi connectivity index (χ3n) is 8.50. The largest absolute Gasteiger partial charge is 0.457 e. The zero-order valence-corrected chi connectivity index (χ0v) is 23.6. The number of hydrogen-bond donors (Lipinski definition) is 4. The third kappa shape index (κ3) is 6.95. The Morgan fingerprint density at radius 3 is 2.50 bits per heavy atom. The van der Waals surface area contributed by atoms with Gasteiger partial charge in [-0.05, 0) is 75.5 Å². The van der Waals surface area contributed by atoms with Gasteiger partial charge in [-0.2, -0.15) is 0 Å². The van der Waals surface area contributed by atoms with Gasteiger partial charge in [0, 0.05) is 37.2 Å². The molecule has 2 aromatic carbocycles. The standard InChI is InChI=1S/C31H43N3O6/c1-21-9-3-5-12-27(21)40-28-13-6-4-11-24(28)31(38,15-8-16-33-30(37)39-2)23-10-7-17-34(18-14-23)29(36)22-19-25(32)26(35)20-22/h3-6,9,11-13,22-23,25-26,35,38H,7-8,10,14-20,32H2,1-2H3,(H,33,37)/t22-,23?,25+,26-,31-/m0/s1. The zero-order chi connectivity index (χ0) is 28.7. The van der Waals surface area contributed by atoms with Crippen LogP contribution in [0.15, 0.2) is 48.5 Å². The van der Waals surface area contributed by atoms with Crippen molar-refractivity contribution in [2.45, 2.75) is 69.6 Å². The topological polar surface area (TPSA) is 134 Å². The highest BCUT2D eigenvalue weighted by Crippen LogP contribution is 2.45. The summed E-state index contributed by atoms with van der Waals surface area (Å²) in [6.07, 6.45) is 2.79. The van der Waals surface area contributed by atoms with Crippen molar-refractivity contribution in [1.29, 1.82) is 0 Å². The number of nitrogens with one attached hydrogen (secondary N) is 1. The number of alkyl carbamates (subject to hydrolysis) is 1. The second-order valence-corrected chi connectivity index (χ2v) is 11.2. The summed E-state index contributed by atoms with van der Waals surface area (Å²) in [7, 11) is 1.32. The maximum Gasteiger partial charge on any atom is 0.406 e. The van der Waals surface area contributed by atoms with Crippen molar-refractivity contribution in [1.82, 2.24) is 10.2 Å². The quantitative estimate of drug-likeness (QED) is 0.347. The molecule has 40 heavy (non-hydrogen) atoms. The van der Waals surface area contributed by atoms with Crippen LogP contribution >= 0.6 is 0 Å². The Kier molecular flexibility index (Phi) is 10.1. The molecule has 2 amide bonds. The lowest BCUT2D eigenvalue weighted by Gasteiger charge is -2.38. The summed E-state index contributed by atoms with van der Waals surface area (Å²) >= 11 is 0. The maximum atomic E-state index is 13.3. The van der Waals surface area contributed by atoms with Crippen molar-refractivity contribution in [2.75, 3.05) is 26.7 Å². The lowest BCUT2D eigenvalue weighted by atomic mass is 9.74. The molecule has 5 N–H and O–H groups in total. The molecule has 0 radical (unpaired) electrons. The monoisotopic (exact) mass is 553 g/mol. The van der Waals surface area contributed by atoms with Gasteiger partial charge in [-0.3, -0.25) is 4.79 Å². The van der Waals surface area contributed by atoms with Crippen LogP contribution in [0.1, 0.15) is 56.1 Å². The van der Waals surface area contributed by atoms with Crippen LogP contribution in [0.4, 0.5) is 4.79 Å². The molecule has 1 aliphatic heterocycles. The number of ether oxygens (including phenoxy) is 2. The molecular weight excluding hydrogens is 510 g/mol. The molecule has 2 aliphatic rings. The van der Waals surface area contributed by atoms with E-state index in [4.69, 9.17) is 15.2 Å². The van der Waals surface area contributed by atoms with Crippen molar-refractivity contribution in [2.24, 2.45) is 17.6 Å². The van der Waals surface area contributed by atoms with E-state index in [0.29, 0.717) is 63.1 Å². The predicted molar refractivity (Wildman–Crippen MR) is 152 cm³/mol. The summed E-state index contributed by atoms with van der Waals surface area (Å²) in [5, 5.41) is 25.3. The zero-order valence-electron chi connectivity index (χ0n) is 23.6. The van der Waals surface area contributed by atoms with E-state index in [1.807, 2.05) is 60.4 Å². The average Bonchev–Trinajstić information content (AvgIpc) is 3.13. The van der Waals surface area contributed by atoms with Crippen molar-refractivity contribution < 1.29 is 29.3 Å². The summed E-state index contributed by atoms with van der Waals surface area (Å²) in [6, 6.07) is 15.0. The van der Waals surface area contributed by atoms with Crippen LogP contribution in [0.3, 0.4) is 0 Å². The van der Waals surface area contributed by atoms with Crippen LogP contribution in [0.25, 0.3) is 0 Å². The maximum absolute atomic E-state index is 13.3. The number of nitrogens with zero attached hydrogens (tertiary/aromatic N) is 1. The molecule has 0 bridgehead atoms. The lowest BCUT2D eigenvalue weighted by Crippen LogP contribution is -2.39. The second kappa shape index (κ2) is 13.5. The average molecular weight is 554 g/mol. The van der Waals surface area contributed by atoms with E-state index in [9.17, 15) is 19.8 Å². The molecule has 2 aromatic rings. The van der Waals surface area contributed by atoms with E-state index < -0.39 is 17.8 Å². The normalized spacial score (nSPS) is 24.6. The number of amides is 2. The number of methoxy groups -OCH3 is 1. The Hall–Kier alpha value is -3.14. The Balaban J connectivity index is 1.56. The first-order chi connectivity index (χ1) is 19.2. The number of aryl methyl sites for hydroxylation is 1. The Labute approximate surface area is 236 Å². The molecule has 9 heteroatoms. The first kappa shape index (κ1) is 29.8. The molecule has 9 nitrogen and oxygen atoms in total. The highest BCUT2D eigenvalue weighted by Gasteiger charge is 2.42. The van der Waals surface area contributed by atoms with Crippen molar-refractivity contribution in [3.63, 3.8) is 0 Å². The first-order valence-electron chi connectivity index (χ1n) is 14.3. The Morgan fingerprint density at radius 1 is 1.07 bits per heavy atom. The molecule has 1 heterocycles. The van der Waals surface area contributed by atoms with Gasteiger partial charge in [0.05, 0.1) is 18.8 Å². The SMILES string of the molecule is COC(=O)NCCC[C@@](O)(c1ccccc1Oc1ccccc1C)C1CCCN(C(=O)[C@H]2C[C@@H](N)[C@@H](O)C2)CC1. The van der Waals surface area contributed by atoms with E-state index in [0.717, 1.165) is 24.2 Å². The third-order valence-corrected chi connectivity index (χ3v) is 8.50. The summed E-state index contributed by atoms with van der Waals surface area (Å²) in [6.45, 7) is 3.47. The second-order valence-electron chi connectivity index (χ2n) is 11.2. The first-order valence-corrected chi connectivity index (χ1v) is 14.3. The molecule has 1 aliphatic carbocycles. The van der Waals surface area contributed by atoms with Gasteiger partial charge in [-0.25, -0.2) is 4.79 Å². The molecular formula is C31H43N3O6. The smallest absolute Gasteiger partial charge is 0.406 e. The fourth-order valence-corrected chi connectivity index (χ4v) is 6.18. The summed E-state index contributed by atoms with van der Waals surface area (Å²) in [4.78, 5) is 26.8. The highest BCUT2D eigenvalue weighted by molar-refractivity contribution is 5.79. The minimum Gasteiger partial charge on any atom is -0.457 e. The van der Waals surface area contributed by atoms with Gasteiger partial charge >= 0.3 is 6.09 Å². The van der Waals surface area contributed by atoms with Crippen molar-refractivity contribution in [3.8, 4) is 11.5 Å². The molecule has 4 rings (SSSR count). The van der Waals surface area contributed by atoms with Crippen LogP contribution in [0.2, 0.25) is 0 Å². The number of carbonyl (C=O) groups excluding carboxylic acids is 2. The number of hydrogen-bond acceptors (Lipinski definition) is 7. The molecule has 2 fully saturated rings. The highest BCUT2D eigenvalue weighted by atomic mass is 16.5. The van der Waals surface area contributed by atoms with Gasteiger partial charge in [0.1, 0.15) is 11.5 Å². The Bertz CT molecular complexity index is 1150. The summed E-state index contributed by atoms with van der Waals surface area (Å²) in [5.41, 5.74) is 6.42. The van der Waals surface area contributed by atoms with Crippen LogP contribution in [0, 0.1) is 18.8 Å². The molecule has 0 spiro atoms. The molecule has 1 saturated carbocycles. The van der Waals surface area contributed by atoms with E-state index in [-0.39, 0.29) is 23.8 Å². The minimum atomic E-state index is -1.25. The summed E-state index contributed by atoms with van der Waals surface area (Å²) < 4.78 is 11.1. The number of para-hydroxylation sites is 2. The van der Waals surface area contributed by atoms with Crippen molar-refractivity contribution >= 4 is 12.0 Å². The number of aliphatic hydroxyl groups is 2. The number of rotatable bonds is 9. The van der Waals surface area contributed by atoms with Gasteiger partial charge in [0.25, 0.3) is 0 Å². The minimum absolute atomic E-state index is 0.0433. The molecule has 5 atom stereocenters. The fourth-order valence-electron chi connectivity index (χ4n) is 6.18. The number of carbonyl (C=O) groups is 2. The number of likely N-dealkylation sites (tertiary alicyclic amines) is 1. The Morgan fingerprint density at radius 2 is 1.80 bits per heavy atom. The predicted octanol–water partition coefficient (Wildman–Crippen LogP) is 3.84. The molecule has 0 aromatic heterocycles. The van der Waals surface area contributed by atoms with Crippen molar-refractivity contribution in [3.05, 3.63) is 59.7 Å². The molecule has 218 valence electrons. The number of nitrogens with two attached hydrogens (primary N) is 1. The van der Waals surface area contributed by atoms with E-state index in [2.05, 4.69) is 5.32 Å². The lowest BCUT2D eigenvalue weighted by molar-refractivity contribution is -0.135. The number of aliphatic hydroxyl groups excluding tert-OH is 1. The van der Waals surface area contributed by atoms with Gasteiger partial charge in [0.2, 0.25) is 5.91 Å². The van der Waals surface area contributed by atoms with Gasteiger partial charge < -0.3 is 35.6 Å². The van der Waals surface area contributed by atoms with Crippen LogP contribution in [-0.4, -0.2) is 66.0 Å². The summed E-state index contributed by atoms with van der Waals surface area (Å²) in [5.74, 6) is 0.960. The van der Waals surface area contributed by atoms with E-state index in [1.54, 1.807) is 0 Å². The molecule has 1 saturated heterocycles. The van der Waals surface area contributed by atoms with E-state index >= 15 is 0 Å². The fraction of sp³-hybridized carbons (Fsp3) is 0.548. The van der Waals surface area contributed by atoms with Gasteiger partial charge in [-0.15, -0.1) is 0 Å². The van der Waals surface area contributed by atoms with Gasteiger partial charge in [0.15, 0.2) is 0 Å². The van der Waals surface area contributed by atoms with Gasteiger partial charge in [-0.1, -0.05) is 36.4 Å². The van der Waals surface area contributed by atoms with Crippen LogP contribution in [0.5, 0.6) is 11.5 Å². The molecule has 1 unspecified atom stereocenters. The van der Waals surface area contributed by atoms with Crippen LogP contribution < -0.4 is 15.8 Å².